The number of hydrazine groups is 1. The smallest absolute Gasteiger partial charge is 0.0345 e. The molecule has 0 aliphatic heterocycles. The van der Waals surface area contributed by atoms with Gasteiger partial charge in [0, 0.05) is 18.4 Å². The van der Waals surface area contributed by atoms with Crippen molar-refractivity contribution in [3.63, 3.8) is 0 Å². The molecule has 0 amide bonds. The minimum absolute atomic E-state index is 0.373. The number of nitrogens with two attached hydrogens (primary N) is 2. The van der Waals surface area contributed by atoms with E-state index in [-0.39, 0.29) is 0 Å². The van der Waals surface area contributed by atoms with Crippen molar-refractivity contribution in [3.05, 3.63) is 11.9 Å². The molecule has 4 N–H and O–H groups in total. The molecule has 0 saturated carbocycles. The third-order valence-electron chi connectivity index (χ3n) is 1.35. The number of rotatable bonds is 3. The van der Waals surface area contributed by atoms with Crippen LogP contribution < -0.4 is 11.6 Å². The van der Waals surface area contributed by atoms with Crippen molar-refractivity contribution in [2.45, 2.75) is 20.8 Å². The first kappa shape index (κ1) is 9.30. The van der Waals surface area contributed by atoms with Crippen LogP contribution in [0.25, 0.3) is 0 Å². The topological polar surface area (TPSA) is 55.3 Å². The van der Waals surface area contributed by atoms with E-state index in [1.54, 1.807) is 11.2 Å². The summed E-state index contributed by atoms with van der Waals surface area (Å²) in [5.74, 6) is 5.86. The highest BCUT2D eigenvalue weighted by Crippen LogP contribution is 2.01. The molecule has 0 unspecified atom stereocenters. The van der Waals surface area contributed by atoms with Gasteiger partial charge in [0.2, 0.25) is 0 Å². The number of hydrogen-bond donors (Lipinski definition) is 2. The molecule has 0 aliphatic rings. The van der Waals surface area contributed by atoms with Gasteiger partial charge in [0.25, 0.3) is 0 Å². The highest BCUT2D eigenvalue weighted by molar-refractivity contribution is 4.97. The van der Waals surface area contributed by atoms with Crippen LogP contribution in [0.5, 0.6) is 0 Å². The van der Waals surface area contributed by atoms with Crippen molar-refractivity contribution in [3.8, 4) is 0 Å². The first-order valence-corrected chi connectivity index (χ1v) is 3.56. The van der Waals surface area contributed by atoms with E-state index < -0.39 is 0 Å². The summed E-state index contributed by atoms with van der Waals surface area (Å²) >= 11 is 0. The van der Waals surface area contributed by atoms with Crippen molar-refractivity contribution in [1.29, 1.82) is 0 Å². The molecular formula is C7H17N3. The number of nitrogens with zero attached hydrogens (tertiary/aromatic N) is 1. The lowest BCUT2D eigenvalue weighted by Gasteiger charge is -2.13. The summed E-state index contributed by atoms with van der Waals surface area (Å²) in [7, 11) is 0. The molecule has 3 heteroatoms. The summed E-state index contributed by atoms with van der Waals surface area (Å²) in [6.45, 7) is 6.84. The van der Waals surface area contributed by atoms with Crippen LogP contribution in [0.1, 0.15) is 20.8 Å². The van der Waals surface area contributed by atoms with E-state index in [1.165, 1.54) is 0 Å². The maximum atomic E-state index is 5.63. The van der Waals surface area contributed by atoms with Gasteiger partial charge in [0.05, 0.1) is 0 Å². The largest absolute Gasteiger partial charge is 0.401 e. The van der Waals surface area contributed by atoms with Crippen LogP contribution in [0.2, 0.25) is 0 Å². The zero-order valence-corrected chi connectivity index (χ0v) is 6.96. The van der Waals surface area contributed by atoms with Crippen LogP contribution in [0, 0.1) is 5.92 Å². The van der Waals surface area contributed by atoms with Gasteiger partial charge in [0.15, 0.2) is 0 Å². The molecule has 0 aliphatic carbocycles. The van der Waals surface area contributed by atoms with Gasteiger partial charge in [-0.15, -0.1) is 0 Å². The summed E-state index contributed by atoms with van der Waals surface area (Å²) in [5.41, 5.74) is 6.46. The van der Waals surface area contributed by atoms with Gasteiger partial charge in [0.1, 0.15) is 0 Å². The highest BCUT2D eigenvalue weighted by atomic mass is 15.4. The highest BCUT2D eigenvalue weighted by Gasteiger charge is 1.97. The van der Waals surface area contributed by atoms with E-state index >= 15 is 0 Å². The fourth-order valence-corrected chi connectivity index (χ4v) is 0.432. The Morgan fingerprint density at radius 1 is 1.60 bits per heavy atom. The molecule has 0 heterocycles. The molecule has 0 aromatic carbocycles. The van der Waals surface area contributed by atoms with Gasteiger partial charge in [-0.1, -0.05) is 13.8 Å². The Hall–Kier alpha value is -0.700. The van der Waals surface area contributed by atoms with E-state index in [1.807, 2.05) is 20.8 Å². The molecule has 0 aromatic rings. The summed E-state index contributed by atoms with van der Waals surface area (Å²) in [6, 6.07) is 0. The average molecular weight is 143 g/mol. The van der Waals surface area contributed by atoms with Crippen LogP contribution in [-0.2, 0) is 0 Å². The Balaban J connectivity index is 3.89. The molecule has 10 heavy (non-hydrogen) atoms. The summed E-state index contributed by atoms with van der Waals surface area (Å²) in [4.78, 5) is 0. The molecule has 60 valence electrons. The first-order valence-electron chi connectivity index (χ1n) is 3.56. The van der Waals surface area contributed by atoms with Crippen LogP contribution in [0.3, 0.4) is 0 Å². The van der Waals surface area contributed by atoms with Gasteiger partial charge < -0.3 is 10.7 Å². The lowest BCUT2D eigenvalue weighted by atomic mass is 10.2. The van der Waals surface area contributed by atoms with E-state index in [9.17, 15) is 0 Å². The maximum absolute atomic E-state index is 5.63. The third kappa shape index (κ3) is 3.35. The van der Waals surface area contributed by atoms with Gasteiger partial charge in [-0.25, -0.2) is 5.84 Å². The molecule has 0 radical (unpaired) electrons. The minimum atomic E-state index is 0.373. The lowest BCUT2D eigenvalue weighted by molar-refractivity contribution is 0.408. The van der Waals surface area contributed by atoms with Crippen LogP contribution in [0.4, 0.5) is 0 Å². The molecule has 0 saturated heterocycles. The van der Waals surface area contributed by atoms with Crippen LogP contribution in [0.15, 0.2) is 11.9 Å². The maximum Gasteiger partial charge on any atom is 0.0345 e. The van der Waals surface area contributed by atoms with Crippen molar-refractivity contribution in [2.75, 3.05) is 6.54 Å². The second kappa shape index (κ2) is 4.17. The predicted octanol–water partition coefficient (Wildman–Crippen LogP) is 0.638. The Morgan fingerprint density at radius 3 is 2.40 bits per heavy atom. The number of allylic oxidation sites excluding steroid dienone is 1. The van der Waals surface area contributed by atoms with E-state index in [0.29, 0.717) is 5.92 Å². The molecule has 0 bridgehead atoms. The van der Waals surface area contributed by atoms with E-state index in [4.69, 9.17) is 11.6 Å². The third-order valence-corrected chi connectivity index (χ3v) is 1.35. The molecular weight excluding hydrogens is 126 g/mol. The Labute approximate surface area is 62.6 Å². The zero-order chi connectivity index (χ0) is 8.15. The standard InChI is InChI=1S/C7H17N3/c1-4-10(9)5-7(8)6(2)3/h5-6H,4,8-9H2,1-3H3/b7-5-. The summed E-state index contributed by atoms with van der Waals surface area (Å²) < 4.78 is 0. The monoisotopic (exact) mass is 143 g/mol. The normalized spacial score (nSPS) is 12.3. The minimum Gasteiger partial charge on any atom is -0.401 e. The predicted molar refractivity (Wildman–Crippen MR) is 43.7 cm³/mol. The quantitative estimate of drug-likeness (QED) is 0.450. The molecule has 0 fully saturated rings. The van der Waals surface area contributed by atoms with E-state index in [0.717, 1.165) is 12.2 Å². The number of hydrogen-bond acceptors (Lipinski definition) is 3. The second-order valence-corrected chi connectivity index (χ2v) is 2.61. The van der Waals surface area contributed by atoms with Gasteiger partial charge >= 0.3 is 0 Å². The molecule has 0 spiro atoms. The van der Waals surface area contributed by atoms with Crippen molar-refractivity contribution < 1.29 is 0 Å². The molecule has 0 rings (SSSR count). The SMILES string of the molecule is CCN(N)/C=C(\N)C(C)C. The molecule has 0 aromatic heterocycles. The second-order valence-electron chi connectivity index (χ2n) is 2.61. The van der Waals surface area contributed by atoms with Crippen LogP contribution >= 0.6 is 0 Å². The van der Waals surface area contributed by atoms with E-state index in [2.05, 4.69) is 0 Å². The van der Waals surface area contributed by atoms with Crippen molar-refractivity contribution >= 4 is 0 Å². The van der Waals surface area contributed by atoms with Crippen molar-refractivity contribution in [1.82, 2.24) is 5.01 Å². The summed E-state index contributed by atoms with van der Waals surface area (Å²) in [5, 5.41) is 1.58. The van der Waals surface area contributed by atoms with Gasteiger partial charge in [-0.3, -0.25) is 0 Å². The zero-order valence-electron chi connectivity index (χ0n) is 6.96. The summed E-state index contributed by atoms with van der Waals surface area (Å²) in [6.07, 6.45) is 1.77. The Bertz CT molecular complexity index is 118. The molecule has 3 nitrogen and oxygen atoms in total. The lowest BCUT2D eigenvalue weighted by Crippen LogP contribution is -2.26. The van der Waals surface area contributed by atoms with Crippen LogP contribution in [-0.4, -0.2) is 11.6 Å². The fourth-order valence-electron chi connectivity index (χ4n) is 0.432. The first-order chi connectivity index (χ1) is 4.57. The Kier molecular flexibility index (Phi) is 3.88. The molecule has 0 atom stereocenters. The van der Waals surface area contributed by atoms with Gasteiger partial charge in [-0.2, -0.15) is 0 Å². The van der Waals surface area contributed by atoms with Gasteiger partial charge in [-0.05, 0) is 12.8 Å². The fraction of sp³-hybridized carbons (Fsp3) is 0.714. The average Bonchev–Trinajstić information content (AvgIpc) is 1.87. The van der Waals surface area contributed by atoms with Crippen molar-refractivity contribution in [2.24, 2.45) is 17.5 Å². The Morgan fingerprint density at radius 2 is 2.10 bits per heavy atom.